The largest absolute Gasteiger partial charge is 0.492 e. The van der Waals surface area contributed by atoms with Gasteiger partial charge in [-0.1, -0.05) is 26.8 Å². The van der Waals surface area contributed by atoms with Crippen LogP contribution in [0.1, 0.15) is 44.7 Å². The van der Waals surface area contributed by atoms with E-state index in [1.165, 1.54) is 18.9 Å². The van der Waals surface area contributed by atoms with Gasteiger partial charge in [-0.2, -0.15) is 13.2 Å². The van der Waals surface area contributed by atoms with Crippen LogP contribution in [-0.4, -0.2) is 31.1 Å². The van der Waals surface area contributed by atoms with Crippen molar-refractivity contribution in [2.45, 2.75) is 45.2 Å². The average Bonchev–Trinajstić information content (AvgIpc) is 2.89. The summed E-state index contributed by atoms with van der Waals surface area (Å²) in [5.74, 6) is 0.349. The molecule has 1 saturated heterocycles. The van der Waals surface area contributed by atoms with Crippen molar-refractivity contribution >= 4 is 0 Å². The molecular formula is C17H24F3NO. The Morgan fingerprint density at radius 1 is 1.09 bits per heavy atom. The van der Waals surface area contributed by atoms with Gasteiger partial charge in [-0.05, 0) is 49.0 Å². The van der Waals surface area contributed by atoms with Crippen LogP contribution in [-0.2, 0) is 11.6 Å². The third-order valence-electron chi connectivity index (χ3n) is 3.98. The number of rotatable bonds is 4. The lowest BCUT2D eigenvalue weighted by molar-refractivity contribution is -0.137. The maximum absolute atomic E-state index is 12.9. The Morgan fingerprint density at radius 3 is 2.27 bits per heavy atom. The summed E-state index contributed by atoms with van der Waals surface area (Å²) < 4.78 is 44.4. The van der Waals surface area contributed by atoms with Crippen molar-refractivity contribution in [2.75, 3.05) is 26.2 Å². The van der Waals surface area contributed by atoms with Crippen LogP contribution >= 0.6 is 0 Å². The van der Waals surface area contributed by atoms with E-state index in [-0.39, 0.29) is 5.41 Å². The highest BCUT2D eigenvalue weighted by Crippen LogP contribution is 2.37. The quantitative estimate of drug-likeness (QED) is 0.812. The second-order valence-electron chi connectivity index (χ2n) is 6.86. The summed E-state index contributed by atoms with van der Waals surface area (Å²) >= 11 is 0. The van der Waals surface area contributed by atoms with Crippen LogP contribution < -0.4 is 4.74 Å². The molecule has 0 aromatic heterocycles. The minimum atomic E-state index is -4.34. The van der Waals surface area contributed by atoms with Gasteiger partial charge in [0.25, 0.3) is 0 Å². The highest BCUT2D eigenvalue weighted by atomic mass is 19.4. The van der Waals surface area contributed by atoms with Gasteiger partial charge in [-0.3, -0.25) is 4.90 Å². The van der Waals surface area contributed by atoms with Gasteiger partial charge in [-0.15, -0.1) is 0 Å². The molecule has 0 bridgehead atoms. The lowest BCUT2D eigenvalue weighted by Gasteiger charge is -2.24. The van der Waals surface area contributed by atoms with Gasteiger partial charge in [0.15, 0.2) is 0 Å². The molecule has 0 N–H and O–H groups in total. The Labute approximate surface area is 130 Å². The first-order valence-electron chi connectivity index (χ1n) is 7.75. The number of alkyl halides is 3. The van der Waals surface area contributed by atoms with Crippen LogP contribution in [0.3, 0.4) is 0 Å². The maximum atomic E-state index is 12.9. The molecule has 0 atom stereocenters. The van der Waals surface area contributed by atoms with E-state index < -0.39 is 11.7 Å². The zero-order valence-corrected chi connectivity index (χ0v) is 13.5. The first-order chi connectivity index (χ1) is 10.2. The number of hydrogen-bond donors (Lipinski definition) is 0. The van der Waals surface area contributed by atoms with Gasteiger partial charge in [0.1, 0.15) is 12.4 Å². The molecule has 0 aliphatic carbocycles. The molecule has 1 aromatic rings. The number of benzene rings is 1. The number of hydrogen-bond acceptors (Lipinski definition) is 2. The maximum Gasteiger partial charge on any atom is 0.416 e. The Bertz CT molecular complexity index is 500. The zero-order valence-electron chi connectivity index (χ0n) is 13.5. The van der Waals surface area contributed by atoms with E-state index in [0.29, 0.717) is 12.4 Å². The molecule has 1 aromatic carbocycles. The smallest absolute Gasteiger partial charge is 0.416 e. The lowest BCUT2D eigenvalue weighted by Crippen LogP contribution is -2.25. The predicted octanol–water partition coefficient (Wildman–Crippen LogP) is 4.48. The normalized spacial score (nSPS) is 17.0. The molecule has 0 amide bonds. The van der Waals surface area contributed by atoms with Gasteiger partial charge in [-0.25, -0.2) is 0 Å². The minimum Gasteiger partial charge on any atom is -0.492 e. The fourth-order valence-electron chi connectivity index (χ4n) is 2.73. The Balaban J connectivity index is 2.14. The van der Waals surface area contributed by atoms with Crippen molar-refractivity contribution in [1.29, 1.82) is 0 Å². The second-order valence-corrected chi connectivity index (χ2v) is 6.86. The van der Waals surface area contributed by atoms with Crippen LogP contribution in [0.4, 0.5) is 13.2 Å². The van der Waals surface area contributed by atoms with E-state index in [0.717, 1.165) is 37.3 Å². The van der Waals surface area contributed by atoms with Gasteiger partial charge in [0, 0.05) is 6.54 Å². The first-order valence-corrected chi connectivity index (χ1v) is 7.75. The van der Waals surface area contributed by atoms with Crippen molar-refractivity contribution < 1.29 is 17.9 Å². The van der Waals surface area contributed by atoms with E-state index in [1.54, 1.807) is 0 Å². The van der Waals surface area contributed by atoms with E-state index in [4.69, 9.17) is 4.74 Å². The van der Waals surface area contributed by atoms with Crippen LogP contribution in [0.2, 0.25) is 0 Å². The molecule has 2 rings (SSSR count). The fraction of sp³-hybridized carbons (Fsp3) is 0.647. The molecular weight excluding hydrogens is 291 g/mol. The van der Waals surface area contributed by atoms with Gasteiger partial charge < -0.3 is 4.74 Å². The molecule has 0 unspecified atom stereocenters. The molecule has 0 radical (unpaired) electrons. The Morgan fingerprint density at radius 2 is 1.73 bits per heavy atom. The minimum absolute atomic E-state index is 0.257. The topological polar surface area (TPSA) is 12.5 Å². The molecule has 5 heteroatoms. The fourth-order valence-corrected chi connectivity index (χ4v) is 2.73. The van der Waals surface area contributed by atoms with Crippen molar-refractivity contribution in [1.82, 2.24) is 4.90 Å². The highest BCUT2D eigenvalue weighted by molar-refractivity contribution is 5.42. The van der Waals surface area contributed by atoms with Crippen LogP contribution in [0.5, 0.6) is 5.75 Å². The van der Waals surface area contributed by atoms with E-state index in [9.17, 15) is 13.2 Å². The number of halogens is 3. The van der Waals surface area contributed by atoms with Crippen LogP contribution in [0, 0.1) is 0 Å². The Hall–Kier alpha value is -1.23. The summed E-state index contributed by atoms with van der Waals surface area (Å²) in [5, 5.41) is 0. The average molecular weight is 315 g/mol. The van der Waals surface area contributed by atoms with Crippen LogP contribution in [0.15, 0.2) is 18.2 Å². The van der Waals surface area contributed by atoms with Crippen molar-refractivity contribution in [3.05, 3.63) is 29.3 Å². The van der Waals surface area contributed by atoms with E-state index in [1.807, 2.05) is 20.8 Å². The number of ether oxygens (including phenoxy) is 1. The molecule has 2 nitrogen and oxygen atoms in total. The summed E-state index contributed by atoms with van der Waals surface area (Å²) in [5.41, 5.74) is -0.105. The molecule has 1 heterocycles. The summed E-state index contributed by atoms with van der Waals surface area (Å²) in [6.45, 7) is 9.22. The van der Waals surface area contributed by atoms with Crippen molar-refractivity contribution in [2.24, 2.45) is 0 Å². The molecule has 1 aliphatic rings. The Kier molecular flexibility index (Phi) is 5.05. The molecule has 0 spiro atoms. The lowest BCUT2D eigenvalue weighted by atomic mass is 9.85. The summed E-state index contributed by atoms with van der Waals surface area (Å²) in [6, 6.07) is 3.80. The van der Waals surface area contributed by atoms with Crippen molar-refractivity contribution in [3.8, 4) is 5.75 Å². The summed E-state index contributed by atoms with van der Waals surface area (Å²) in [7, 11) is 0. The SMILES string of the molecule is CC(C)(C)c1ccc(C(F)(F)F)cc1OCCN1CCCC1. The second kappa shape index (κ2) is 6.49. The van der Waals surface area contributed by atoms with E-state index in [2.05, 4.69) is 4.90 Å². The number of nitrogens with zero attached hydrogens (tertiary/aromatic N) is 1. The third-order valence-corrected chi connectivity index (χ3v) is 3.98. The summed E-state index contributed by atoms with van der Waals surface area (Å²) in [6.07, 6.45) is -1.96. The molecule has 1 aliphatic heterocycles. The van der Waals surface area contributed by atoms with Gasteiger partial charge in [0.2, 0.25) is 0 Å². The highest BCUT2D eigenvalue weighted by Gasteiger charge is 2.32. The standard InChI is InChI=1S/C17H24F3NO/c1-16(2,3)14-7-6-13(17(18,19)20)12-15(14)22-11-10-21-8-4-5-9-21/h6-7,12H,4-5,8-11H2,1-3H3. The van der Waals surface area contributed by atoms with Gasteiger partial charge in [0.05, 0.1) is 5.56 Å². The summed E-state index contributed by atoms with van der Waals surface area (Å²) in [4.78, 5) is 2.28. The van der Waals surface area contributed by atoms with Crippen molar-refractivity contribution in [3.63, 3.8) is 0 Å². The third kappa shape index (κ3) is 4.38. The predicted molar refractivity (Wildman–Crippen MR) is 81.3 cm³/mol. The van der Waals surface area contributed by atoms with Gasteiger partial charge >= 0.3 is 6.18 Å². The molecule has 124 valence electrons. The molecule has 22 heavy (non-hydrogen) atoms. The molecule has 0 saturated carbocycles. The first kappa shape index (κ1) is 17.1. The zero-order chi connectivity index (χ0) is 16.4. The van der Waals surface area contributed by atoms with Crippen LogP contribution in [0.25, 0.3) is 0 Å². The number of likely N-dealkylation sites (tertiary alicyclic amines) is 1. The molecule has 1 fully saturated rings. The monoisotopic (exact) mass is 315 g/mol. The van der Waals surface area contributed by atoms with E-state index >= 15 is 0 Å².